The van der Waals surface area contributed by atoms with E-state index >= 15 is 0 Å². The maximum atomic E-state index is 13.3. The molecule has 1 fully saturated rings. The van der Waals surface area contributed by atoms with E-state index in [4.69, 9.17) is 4.74 Å². The third-order valence-electron chi connectivity index (χ3n) is 5.76. The van der Waals surface area contributed by atoms with E-state index in [9.17, 15) is 14.4 Å². The normalized spacial score (nSPS) is 15.3. The second kappa shape index (κ2) is 9.52. The van der Waals surface area contributed by atoms with E-state index in [-0.39, 0.29) is 17.6 Å². The molecule has 1 saturated carbocycles. The van der Waals surface area contributed by atoms with Crippen LogP contribution in [0.15, 0.2) is 46.8 Å². The predicted octanol–water partition coefficient (Wildman–Crippen LogP) is 3.84. The van der Waals surface area contributed by atoms with Crippen molar-refractivity contribution in [3.8, 4) is 5.69 Å². The molecule has 0 saturated heterocycles. The summed E-state index contributed by atoms with van der Waals surface area (Å²) in [5.41, 5.74) is 1.46. The smallest absolute Gasteiger partial charge is 0.338 e. The highest BCUT2D eigenvalue weighted by Crippen LogP contribution is 2.29. The molecule has 3 aromatic rings. The summed E-state index contributed by atoms with van der Waals surface area (Å²) in [6.45, 7) is 3.41. The number of benzene rings is 1. The first-order valence-electron chi connectivity index (χ1n) is 10.8. The number of carbonyl (C=O) groups excluding carboxylic acids is 2. The van der Waals surface area contributed by atoms with Gasteiger partial charge in [-0.3, -0.25) is 14.3 Å². The van der Waals surface area contributed by atoms with Crippen LogP contribution < -0.4 is 10.6 Å². The lowest BCUT2D eigenvalue weighted by molar-refractivity contribution is -0.127. The van der Waals surface area contributed by atoms with Crippen molar-refractivity contribution in [2.75, 3.05) is 4.90 Å². The molecule has 2 heterocycles. The van der Waals surface area contributed by atoms with Gasteiger partial charge in [0.25, 0.3) is 5.91 Å². The highest BCUT2D eigenvalue weighted by atomic mass is 32.1. The molecule has 0 radical (unpaired) electrons. The van der Waals surface area contributed by atoms with Gasteiger partial charge >= 0.3 is 11.7 Å². The van der Waals surface area contributed by atoms with Crippen LogP contribution in [0.2, 0.25) is 0 Å². The van der Waals surface area contributed by atoms with Crippen molar-refractivity contribution >= 4 is 28.3 Å². The fourth-order valence-electron chi connectivity index (χ4n) is 4.10. The lowest BCUT2D eigenvalue weighted by Crippen LogP contribution is -2.47. The number of aryl methyl sites for hydroxylation is 1. The molecule has 0 aliphatic heterocycles. The van der Waals surface area contributed by atoms with Gasteiger partial charge in [0.15, 0.2) is 11.2 Å². The van der Waals surface area contributed by atoms with Crippen molar-refractivity contribution in [3.05, 3.63) is 63.8 Å². The molecule has 168 valence electrons. The van der Waals surface area contributed by atoms with Gasteiger partial charge < -0.3 is 9.72 Å². The van der Waals surface area contributed by atoms with Crippen LogP contribution in [-0.4, -0.2) is 38.6 Å². The maximum absolute atomic E-state index is 13.3. The lowest BCUT2D eigenvalue weighted by Gasteiger charge is -2.33. The SMILES string of the molecule is Cc1c[nH]c(=O)n1-c1ccc(C(=O)OC(C)C(=O)N(c2nccs2)C2CCCCC2)cc1. The van der Waals surface area contributed by atoms with Crippen LogP contribution in [-0.2, 0) is 9.53 Å². The fourth-order valence-corrected chi connectivity index (χ4v) is 4.82. The lowest BCUT2D eigenvalue weighted by atomic mass is 9.94. The van der Waals surface area contributed by atoms with Gasteiger partial charge in [-0.1, -0.05) is 19.3 Å². The number of anilines is 1. The largest absolute Gasteiger partial charge is 0.449 e. The summed E-state index contributed by atoms with van der Waals surface area (Å²) in [4.78, 5) is 46.6. The van der Waals surface area contributed by atoms with Gasteiger partial charge in [0.05, 0.1) is 11.3 Å². The Morgan fingerprint density at radius 2 is 1.94 bits per heavy atom. The van der Waals surface area contributed by atoms with Crippen molar-refractivity contribution < 1.29 is 14.3 Å². The molecule has 1 atom stereocenters. The summed E-state index contributed by atoms with van der Waals surface area (Å²) in [7, 11) is 0. The van der Waals surface area contributed by atoms with Crippen LogP contribution >= 0.6 is 11.3 Å². The number of aromatic amines is 1. The fraction of sp³-hybridized carbons (Fsp3) is 0.391. The molecule has 2 aromatic heterocycles. The van der Waals surface area contributed by atoms with E-state index in [0.29, 0.717) is 16.4 Å². The van der Waals surface area contributed by atoms with E-state index in [0.717, 1.165) is 31.4 Å². The zero-order chi connectivity index (χ0) is 22.7. The number of amides is 1. The summed E-state index contributed by atoms with van der Waals surface area (Å²) in [5.74, 6) is -0.843. The van der Waals surface area contributed by atoms with Crippen LogP contribution in [0.5, 0.6) is 0 Å². The molecule has 0 bridgehead atoms. The summed E-state index contributed by atoms with van der Waals surface area (Å²) in [6, 6.07) is 6.61. The summed E-state index contributed by atoms with van der Waals surface area (Å²) >= 11 is 1.41. The Bertz CT molecular complexity index is 1130. The van der Waals surface area contributed by atoms with Gasteiger partial charge in [-0.2, -0.15) is 0 Å². The van der Waals surface area contributed by atoms with Crippen molar-refractivity contribution in [2.45, 2.75) is 58.1 Å². The van der Waals surface area contributed by atoms with Crippen LogP contribution in [0.1, 0.15) is 55.1 Å². The Hall–Kier alpha value is -3.20. The van der Waals surface area contributed by atoms with Gasteiger partial charge in [-0.15, -0.1) is 11.3 Å². The molecular formula is C23H26N4O4S. The molecule has 0 spiro atoms. The average Bonchev–Trinajstić information content (AvgIpc) is 3.44. The number of carbonyl (C=O) groups is 2. The molecule has 1 N–H and O–H groups in total. The number of hydrogen-bond acceptors (Lipinski definition) is 6. The molecule has 4 rings (SSSR count). The van der Waals surface area contributed by atoms with Gasteiger partial charge in [0, 0.05) is 29.5 Å². The molecule has 1 unspecified atom stereocenters. The van der Waals surface area contributed by atoms with Crippen LogP contribution in [0.4, 0.5) is 5.13 Å². The molecule has 1 aromatic carbocycles. The second-order valence-electron chi connectivity index (χ2n) is 7.98. The number of H-pyrrole nitrogens is 1. The van der Waals surface area contributed by atoms with E-state index in [1.54, 1.807) is 48.5 Å². The molecule has 32 heavy (non-hydrogen) atoms. The van der Waals surface area contributed by atoms with Crippen molar-refractivity contribution in [2.24, 2.45) is 0 Å². The van der Waals surface area contributed by atoms with Gasteiger partial charge in [0.2, 0.25) is 0 Å². The van der Waals surface area contributed by atoms with Gasteiger partial charge in [-0.25, -0.2) is 14.6 Å². The van der Waals surface area contributed by atoms with Crippen molar-refractivity contribution in [1.29, 1.82) is 0 Å². The number of rotatable bonds is 6. The predicted molar refractivity (Wildman–Crippen MR) is 122 cm³/mol. The Labute approximate surface area is 189 Å². The maximum Gasteiger partial charge on any atom is 0.338 e. The van der Waals surface area contributed by atoms with Crippen LogP contribution in [0.25, 0.3) is 5.69 Å². The average molecular weight is 455 g/mol. The number of ether oxygens (including phenoxy) is 1. The minimum atomic E-state index is -0.942. The number of nitrogens with zero attached hydrogens (tertiary/aromatic N) is 3. The van der Waals surface area contributed by atoms with Crippen LogP contribution in [0.3, 0.4) is 0 Å². The number of imidazole rings is 1. The quantitative estimate of drug-likeness (QED) is 0.571. The number of hydrogen-bond donors (Lipinski definition) is 1. The molecule has 1 aliphatic carbocycles. The van der Waals surface area contributed by atoms with Crippen molar-refractivity contribution in [3.63, 3.8) is 0 Å². The zero-order valence-electron chi connectivity index (χ0n) is 18.1. The number of nitrogens with one attached hydrogen (secondary N) is 1. The van der Waals surface area contributed by atoms with Crippen molar-refractivity contribution in [1.82, 2.24) is 14.5 Å². The topological polar surface area (TPSA) is 97.3 Å². The molecular weight excluding hydrogens is 428 g/mol. The first-order chi connectivity index (χ1) is 15.5. The Balaban J connectivity index is 1.47. The highest BCUT2D eigenvalue weighted by molar-refractivity contribution is 7.13. The van der Waals surface area contributed by atoms with Gasteiger partial charge in [0.1, 0.15) is 0 Å². The Morgan fingerprint density at radius 3 is 2.53 bits per heavy atom. The summed E-state index contributed by atoms with van der Waals surface area (Å²) in [6.07, 6.45) is 7.52. The van der Waals surface area contributed by atoms with E-state index in [1.165, 1.54) is 22.3 Å². The molecule has 1 aliphatic rings. The van der Waals surface area contributed by atoms with E-state index in [2.05, 4.69) is 9.97 Å². The molecule has 8 nitrogen and oxygen atoms in total. The third-order valence-corrected chi connectivity index (χ3v) is 6.53. The highest BCUT2D eigenvalue weighted by Gasteiger charge is 2.33. The first kappa shape index (κ1) is 22.0. The standard InChI is InChI=1S/C23H26N4O4S/c1-15-14-25-22(30)26(15)19-10-8-17(9-11-19)21(29)31-16(2)20(28)27(23-24-12-13-32-23)18-6-4-3-5-7-18/h8-14,16,18H,3-7H2,1-2H3,(H,25,30). The number of thiazole rings is 1. The summed E-state index contributed by atoms with van der Waals surface area (Å²) in [5, 5.41) is 2.48. The monoisotopic (exact) mass is 454 g/mol. The van der Waals surface area contributed by atoms with E-state index in [1.807, 2.05) is 12.3 Å². The van der Waals surface area contributed by atoms with Crippen LogP contribution in [0, 0.1) is 6.92 Å². The first-order valence-corrected chi connectivity index (χ1v) is 11.6. The Kier molecular flexibility index (Phi) is 6.55. The zero-order valence-corrected chi connectivity index (χ0v) is 18.9. The second-order valence-corrected chi connectivity index (χ2v) is 8.85. The molecule has 9 heteroatoms. The minimum Gasteiger partial charge on any atom is -0.449 e. The van der Waals surface area contributed by atoms with Gasteiger partial charge in [-0.05, 0) is 51.0 Å². The Morgan fingerprint density at radius 1 is 1.22 bits per heavy atom. The third kappa shape index (κ3) is 4.52. The number of esters is 1. The number of aromatic nitrogens is 3. The van der Waals surface area contributed by atoms with E-state index < -0.39 is 12.1 Å². The molecule has 1 amide bonds. The minimum absolute atomic E-state index is 0.0748. The summed E-state index contributed by atoms with van der Waals surface area (Å²) < 4.78 is 7.03.